The maximum Gasteiger partial charge on any atom is 0.433 e. The largest absolute Gasteiger partial charge is 0.485 e. The number of benzene rings is 1. The molecule has 1 N–H and O–H groups in total. The summed E-state index contributed by atoms with van der Waals surface area (Å²) in [5.74, 6) is -0.738. The van der Waals surface area contributed by atoms with Crippen LogP contribution in [0.1, 0.15) is 21.9 Å². The average Bonchev–Trinajstić information content (AvgIpc) is 3.33. The molecule has 39 heavy (non-hydrogen) atoms. The van der Waals surface area contributed by atoms with Crippen molar-refractivity contribution >= 4 is 28.4 Å². The topological polar surface area (TPSA) is 111 Å². The van der Waals surface area contributed by atoms with Crippen LogP contribution in [0.25, 0.3) is 10.9 Å². The number of alkyl halides is 3. The van der Waals surface area contributed by atoms with E-state index in [0.717, 1.165) is 12.1 Å². The van der Waals surface area contributed by atoms with Crippen molar-refractivity contribution in [2.45, 2.75) is 19.3 Å². The molecule has 0 saturated carbocycles. The van der Waals surface area contributed by atoms with Crippen molar-refractivity contribution < 1.29 is 32.2 Å². The summed E-state index contributed by atoms with van der Waals surface area (Å²) < 4.78 is 52.0. The molecule has 1 fully saturated rings. The number of amides is 2. The van der Waals surface area contributed by atoms with Crippen LogP contribution in [0.2, 0.25) is 0 Å². The van der Waals surface area contributed by atoms with E-state index in [1.807, 2.05) is 0 Å². The van der Waals surface area contributed by atoms with Gasteiger partial charge in [0.1, 0.15) is 30.3 Å². The molecule has 0 radical (unpaired) electrons. The van der Waals surface area contributed by atoms with E-state index in [0.29, 0.717) is 42.9 Å². The fourth-order valence-corrected chi connectivity index (χ4v) is 3.99. The zero-order valence-electron chi connectivity index (χ0n) is 20.5. The summed E-state index contributed by atoms with van der Waals surface area (Å²) in [6.07, 6.45) is -1.44. The molecular formula is C26H23F3N6O4. The van der Waals surface area contributed by atoms with Crippen LogP contribution in [0.4, 0.5) is 18.9 Å². The first-order valence-corrected chi connectivity index (χ1v) is 12.0. The van der Waals surface area contributed by atoms with Crippen LogP contribution in [0.5, 0.6) is 5.75 Å². The highest BCUT2D eigenvalue weighted by atomic mass is 19.4. The first kappa shape index (κ1) is 26.1. The highest BCUT2D eigenvalue weighted by Crippen LogP contribution is 2.32. The quantitative estimate of drug-likeness (QED) is 0.382. The van der Waals surface area contributed by atoms with Gasteiger partial charge >= 0.3 is 6.18 Å². The van der Waals surface area contributed by atoms with E-state index in [1.165, 1.54) is 10.7 Å². The lowest BCUT2D eigenvalue weighted by Gasteiger charge is -2.26. The third-order valence-corrected chi connectivity index (χ3v) is 5.94. The second-order valence-corrected chi connectivity index (χ2v) is 8.70. The summed E-state index contributed by atoms with van der Waals surface area (Å²) >= 11 is 0. The van der Waals surface area contributed by atoms with Gasteiger partial charge in [0.25, 0.3) is 5.91 Å². The first-order chi connectivity index (χ1) is 18.8. The van der Waals surface area contributed by atoms with Gasteiger partial charge in [-0.25, -0.2) is 4.98 Å². The number of ether oxygens (including phenoxy) is 2. The lowest BCUT2D eigenvalue weighted by Crippen LogP contribution is -2.42. The molecule has 1 aliphatic rings. The van der Waals surface area contributed by atoms with Crippen LogP contribution < -0.4 is 10.1 Å². The van der Waals surface area contributed by atoms with Gasteiger partial charge in [-0.15, -0.1) is 0 Å². The highest BCUT2D eigenvalue weighted by molar-refractivity contribution is 6.05. The van der Waals surface area contributed by atoms with Crippen molar-refractivity contribution in [1.29, 1.82) is 0 Å². The molecule has 0 aliphatic carbocycles. The Hall–Kier alpha value is -4.52. The van der Waals surface area contributed by atoms with E-state index in [9.17, 15) is 22.8 Å². The molecule has 0 bridgehead atoms. The van der Waals surface area contributed by atoms with Gasteiger partial charge in [-0.2, -0.15) is 18.3 Å². The summed E-state index contributed by atoms with van der Waals surface area (Å²) in [7, 11) is 0. The van der Waals surface area contributed by atoms with Crippen molar-refractivity contribution in [3.8, 4) is 5.75 Å². The van der Waals surface area contributed by atoms with Gasteiger partial charge in [0, 0.05) is 36.9 Å². The van der Waals surface area contributed by atoms with Gasteiger partial charge in [0.15, 0.2) is 0 Å². The van der Waals surface area contributed by atoms with E-state index in [4.69, 9.17) is 9.47 Å². The summed E-state index contributed by atoms with van der Waals surface area (Å²) in [4.78, 5) is 34.9. The summed E-state index contributed by atoms with van der Waals surface area (Å²) in [5.41, 5.74) is -0.274. The monoisotopic (exact) mass is 540 g/mol. The maximum atomic E-state index is 13.1. The van der Waals surface area contributed by atoms with Gasteiger partial charge < -0.3 is 19.7 Å². The molecule has 5 rings (SSSR count). The van der Waals surface area contributed by atoms with Crippen molar-refractivity contribution in [3.63, 3.8) is 0 Å². The molecule has 0 unspecified atom stereocenters. The Labute approximate surface area is 220 Å². The van der Waals surface area contributed by atoms with Gasteiger partial charge in [0.05, 0.1) is 30.1 Å². The van der Waals surface area contributed by atoms with Gasteiger partial charge in [-0.3, -0.25) is 19.3 Å². The summed E-state index contributed by atoms with van der Waals surface area (Å²) in [6.45, 7) is 2.04. The number of fused-ring (bicyclic) bond motifs is 1. The van der Waals surface area contributed by atoms with Crippen LogP contribution >= 0.6 is 0 Å². The number of nitrogens with one attached hydrogen (secondary N) is 1. The number of morpholine rings is 1. The van der Waals surface area contributed by atoms with Crippen molar-refractivity contribution in [2.75, 3.05) is 31.6 Å². The predicted octanol–water partition coefficient (Wildman–Crippen LogP) is 3.54. The Balaban J connectivity index is 1.42. The fourth-order valence-electron chi connectivity index (χ4n) is 3.99. The van der Waals surface area contributed by atoms with Gasteiger partial charge in [-0.1, -0.05) is 12.1 Å². The number of pyridine rings is 2. The zero-order valence-corrected chi connectivity index (χ0v) is 20.5. The molecule has 0 spiro atoms. The zero-order chi connectivity index (χ0) is 27.4. The number of halogens is 3. The molecule has 1 aromatic carbocycles. The second kappa shape index (κ2) is 11.1. The van der Waals surface area contributed by atoms with Crippen molar-refractivity contribution in [1.82, 2.24) is 24.6 Å². The molecule has 10 nitrogen and oxygen atoms in total. The minimum Gasteiger partial charge on any atom is -0.485 e. The fraction of sp³-hybridized carbons (Fsp3) is 0.269. The van der Waals surface area contributed by atoms with E-state index in [2.05, 4.69) is 20.4 Å². The highest BCUT2D eigenvalue weighted by Gasteiger charge is 2.33. The van der Waals surface area contributed by atoms with E-state index in [-0.39, 0.29) is 30.5 Å². The standard InChI is InChI=1S/C26H23F3N6O4/c27-26(28,29)23-6-3-5-19(31-23)25(37)32-21-12-17-14-35(15-24(36)34-8-10-38-11-9-34)33-20(17)13-22(21)39-16-18-4-1-2-7-30-18/h1-7,12-14H,8-11,15-16H2,(H,32,37). The normalized spacial score (nSPS) is 13.9. The van der Waals surface area contributed by atoms with E-state index in [1.54, 1.807) is 47.6 Å². The smallest absolute Gasteiger partial charge is 0.433 e. The van der Waals surface area contributed by atoms with Crippen LogP contribution in [0, 0.1) is 0 Å². The molecule has 2 amide bonds. The van der Waals surface area contributed by atoms with Crippen LogP contribution in [0.15, 0.2) is 60.9 Å². The minimum atomic E-state index is -4.70. The number of rotatable bonds is 7. The Bertz CT molecular complexity index is 1490. The van der Waals surface area contributed by atoms with E-state index < -0.39 is 23.5 Å². The van der Waals surface area contributed by atoms with Crippen LogP contribution in [0.3, 0.4) is 0 Å². The molecule has 13 heteroatoms. The molecule has 0 atom stereocenters. The van der Waals surface area contributed by atoms with E-state index >= 15 is 0 Å². The molecule has 1 saturated heterocycles. The average molecular weight is 541 g/mol. The summed E-state index contributed by atoms with van der Waals surface area (Å²) in [6, 6.07) is 11.6. The van der Waals surface area contributed by atoms with Crippen molar-refractivity contribution in [3.05, 3.63) is 78.0 Å². The van der Waals surface area contributed by atoms with Crippen LogP contribution in [-0.4, -0.2) is 62.8 Å². The Morgan fingerprint density at radius 2 is 1.90 bits per heavy atom. The Morgan fingerprint density at radius 1 is 1.08 bits per heavy atom. The Morgan fingerprint density at radius 3 is 2.64 bits per heavy atom. The number of carbonyl (C=O) groups excluding carboxylic acids is 2. The number of carbonyl (C=O) groups is 2. The molecule has 3 aromatic heterocycles. The lowest BCUT2D eigenvalue weighted by atomic mass is 10.2. The first-order valence-electron chi connectivity index (χ1n) is 12.0. The summed E-state index contributed by atoms with van der Waals surface area (Å²) in [5, 5.41) is 7.65. The SMILES string of the molecule is O=C(Nc1cc2cn(CC(=O)N3CCOCC3)nc2cc1OCc1ccccn1)c1cccc(C(F)(F)F)n1. The second-order valence-electron chi connectivity index (χ2n) is 8.70. The number of nitrogens with zero attached hydrogens (tertiary/aromatic N) is 5. The third kappa shape index (κ3) is 6.32. The maximum absolute atomic E-state index is 13.1. The molecule has 4 aromatic rings. The molecule has 1 aliphatic heterocycles. The predicted molar refractivity (Wildman–Crippen MR) is 133 cm³/mol. The molecule has 202 valence electrons. The lowest BCUT2D eigenvalue weighted by molar-refractivity contribution is -0.141. The van der Waals surface area contributed by atoms with Crippen LogP contribution in [-0.2, 0) is 28.9 Å². The minimum absolute atomic E-state index is 0.00858. The number of anilines is 1. The molecular weight excluding hydrogens is 517 g/mol. The van der Waals surface area contributed by atoms with Gasteiger partial charge in [-0.05, 0) is 30.3 Å². The third-order valence-electron chi connectivity index (χ3n) is 5.94. The van der Waals surface area contributed by atoms with Gasteiger partial charge in [0.2, 0.25) is 5.91 Å². The number of hydrogen-bond acceptors (Lipinski definition) is 7. The molecule has 4 heterocycles. The van der Waals surface area contributed by atoms with Crippen molar-refractivity contribution in [2.24, 2.45) is 0 Å². The Kier molecular flexibility index (Phi) is 7.41. The number of hydrogen-bond donors (Lipinski definition) is 1. The number of aromatic nitrogens is 4.